The van der Waals surface area contributed by atoms with Crippen LogP contribution < -0.4 is 10.2 Å². The molecule has 23 heavy (non-hydrogen) atoms. The highest BCUT2D eigenvalue weighted by Crippen LogP contribution is 2.42. The predicted molar refractivity (Wildman–Crippen MR) is 97.5 cm³/mol. The monoisotopic (exact) mass is 326 g/mol. The van der Waals surface area contributed by atoms with Crippen molar-refractivity contribution in [2.45, 2.75) is 31.7 Å². The van der Waals surface area contributed by atoms with Gasteiger partial charge in [0.1, 0.15) is 0 Å². The maximum Gasteiger partial charge on any atom is 0.0642 e. The SMILES string of the molecule is Clc1ccc2c(c1N1CCCC1c1ccccc1)CCNCC2. The summed E-state index contributed by atoms with van der Waals surface area (Å²) in [5.74, 6) is 0. The second-order valence-electron chi connectivity index (χ2n) is 6.55. The van der Waals surface area contributed by atoms with Gasteiger partial charge in [0, 0.05) is 6.54 Å². The lowest BCUT2D eigenvalue weighted by molar-refractivity contribution is 0.703. The molecule has 1 unspecified atom stereocenters. The minimum absolute atomic E-state index is 0.455. The number of anilines is 1. The third kappa shape index (κ3) is 2.86. The minimum atomic E-state index is 0.455. The molecule has 120 valence electrons. The van der Waals surface area contributed by atoms with Crippen molar-refractivity contribution in [3.63, 3.8) is 0 Å². The molecule has 0 bridgehead atoms. The van der Waals surface area contributed by atoms with Crippen molar-refractivity contribution in [1.29, 1.82) is 0 Å². The highest BCUT2D eigenvalue weighted by atomic mass is 35.5. The van der Waals surface area contributed by atoms with E-state index in [-0.39, 0.29) is 0 Å². The van der Waals surface area contributed by atoms with E-state index in [2.05, 4.69) is 52.7 Å². The van der Waals surface area contributed by atoms with E-state index in [9.17, 15) is 0 Å². The fourth-order valence-corrected chi connectivity index (χ4v) is 4.38. The molecule has 2 heterocycles. The van der Waals surface area contributed by atoms with Gasteiger partial charge in [0.2, 0.25) is 0 Å². The van der Waals surface area contributed by atoms with Crippen molar-refractivity contribution in [1.82, 2.24) is 5.32 Å². The molecule has 2 aliphatic heterocycles. The molecule has 1 N–H and O–H groups in total. The molecule has 4 rings (SSSR count). The Morgan fingerprint density at radius 1 is 1.00 bits per heavy atom. The molecule has 0 radical (unpaired) electrons. The molecule has 1 atom stereocenters. The van der Waals surface area contributed by atoms with Crippen LogP contribution in [0.4, 0.5) is 5.69 Å². The van der Waals surface area contributed by atoms with Crippen LogP contribution in [0.2, 0.25) is 5.02 Å². The van der Waals surface area contributed by atoms with E-state index in [1.807, 2.05) is 0 Å². The summed E-state index contributed by atoms with van der Waals surface area (Å²) in [6, 6.07) is 15.7. The fourth-order valence-electron chi connectivity index (χ4n) is 4.09. The Morgan fingerprint density at radius 3 is 2.70 bits per heavy atom. The van der Waals surface area contributed by atoms with Gasteiger partial charge in [-0.3, -0.25) is 0 Å². The first-order chi connectivity index (χ1) is 11.3. The first-order valence-electron chi connectivity index (χ1n) is 8.67. The van der Waals surface area contributed by atoms with Crippen molar-refractivity contribution in [3.05, 3.63) is 64.2 Å². The number of hydrogen-bond acceptors (Lipinski definition) is 2. The average Bonchev–Trinajstić information content (AvgIpc) is 2.93. The highest BCUT2D eigenvalue weighted by Gasteiger charge is 2.30. The van der Waals surface area contributed by atoms with Gasteiger partial charge in [-0.15, -0.1) is 0 Å². The van der Waals surface area contributed by atoms with Gasteiger partial charge in [-0.1, -0.05) is 48.0 Å². The second-order valence-corrected chi connectivity index (χ2v) is 6.95. The van der Waals surface area contributed by atoms with Gasteiger partial charge in [0.15, 0.2) is 0 Å². The van der Waals surface area contributed by atoms with Gasteiger partial charge < -0.3 is 10.2 Å². The average molecular weight is 327 g/mol. The summed E-state index contributed by atoms with van der Waals surface area (Å²) in [6.07, 6.45) is 4.62. The molecule has 0 spiro atoms. The Morgan fingerprint density at radius 2 is 1.83 bits per heavy atom. The number of benzene rings is 2. The zero-order valence-electron chi connectivity index (χ0n) is 13.4. The summed E-state index contributed by atoms with van der Waals surface area (Å²) < 4.78 is 0. The van der Waals surface area contributed by atoms with E-state index in [0.29, 0.717) is 6.04 Å². The lowest BCUT2D eigenvalue weighted by Gasteiger charge is -2.31. The third-order valence-corrected chi connectivity index (χ3v) is 5.48. The van der Waals surface area contributed by atoms with Crippen molar-refractivity contribution < 1.29 is 0 Å². The van der Waals surface area contributed by atoms with Gasteiger partial charge in [-0.25, -0.2) is 0 Å². The molecule has 3 heteroatoms. The van der Waals surface area contributed by atoms with Gasteiger partial charge in [-0.2, -0.15) is 0 Å². The van der Waals surface area contributed by atoms with Crippen LogP contribution in [0.15, 0.2) is 42.5 Å². The normalized spacial score (nSPS) is 21.1. The zero-order valence-corrected chi connectivity index (χ0v) is 14.1. The molecule has 1 fully saturated rings. The molecule has 2 aliphatic rings. The fraction of sp³-hybridized carbons (Fsp3) is 0.400. The summed E-state index contributed by atoms with van der Waals surface area (Å²) >= 11 is 6.69. The first kappa shape index (κ1) is 15.0. The van der Waals surface area contributed by atoms with Gasteiger partial charge in [0.25, 0.3) is 0 Å². The second kappa shape index (κ2) is 6.54. The number of halogens is 1. The summed E-state index contributed by atoms with van der Waals surface area (Å²) in [5.41, 5.74) is 5.63. The van der Waals surface area contributed by atoms with E-state index in [1.54, 1.807) is 0 Å². The Kier molecular flexibility index (Phi) is 4.28. The van der Waals surface area contributed by atoms with E-state index in [0.717, 1.165) is 37.5 Å². The van der Waals surface area contributed by atoms with Crippen molar-refractivity contribution in [2.24, 2.45) is 0 Å². The minimum Gasteiger partial charge on any atom is -0.363 e. The quantitative estimate of drug-likeness (QED) is 0.881. The van der Waals surface area contributed by atoms with E-state index in [4.69, 9.17) is 11.6 Å². The summed E-state index contributed by atoms with van der Waals surface area (Å²) in [4.78, 5) is 2.56. The standard InChI is InChI=1S/C20H23ClN2/c21-18-9-8-15-10-12-22-13-11-17(15)20(18)23-14-4-7-19(23)16-5-2-1-3-6-16/h1-3,5-6,8-9,19,22H,4,7,10-14H2. The molecule has 0 amide bonds. The molecule has 2 aromatic rings. The lowest BCUT2D eigenvalue weighted by atomic mass is 9.98. The topological polar surface area (TPSA) is 15.3 Å². The smallest absolute Gasteiger partial charge is 0.0642 e. The summed E-state index contributed by atoms with van der Waals surface area (Å²) in [6.45, 7) is 3.21. The summed E-state index contributed by atoms with van der Waals surface area (Å²) in [7, 11) is 0. The van der Waals surface area contributed by atoms with E-state index >= 15 is 0 Å². The van der Waals surface area contributed by atoms with Gasteiger partial charge >= 0.3 is 0 Å². The first-order valence-corrected chi connectivity index (χ1v) is 9.05. The molecular weight excluding hydrogens is 304 g/mol. The van der Waals surface area contributed by atoms with E-state index < -0.39 is 0 Å². The maximum atomic E-state index is 6.69. The van der Waals surface area contributed by atoms with Crippen molar-refractivity contribution >= 4 is 17.3 Å². The number of hydrogen-bond donors (Lipinski definition) is 1. The van der Waals surface area contributed by atoms with Gasteiger partial charge in [-0.05, 0) is 61.5 Å². The van der Waals surface area contributed by atoms with Gasteiger partial charge in [0.05, 0.1) is 16.8 Å². The van der Waals surface area contributed by atoms with E-state index in [1.165, 1.54) is 35.2 Å². The molecule has 0 aliphatic carbocycles. The number of rotatable bonds is 2. The van der Waals surface area contributed by atoms with Crippen molar-refractivity contribution in [3.8, 4) is 0 Å². The maximum absolute atomic E-state index is 6.69. The Hall–Kier alpha value is -1.51. The molecular formula is C20H23ClN2. The van der Waals surface area contributed by atoms with Crippen LogP contribution in [-0.4, -0.2) is 19.6 Å². The molecule has 0 saturated carbocycles. The van der Waals surface area contributed by atoms with Crippen LogP contribution in [0.5, 0.6) is 0 Å². The molecule has 2 aromatic carbocycles. The van der Waals surface area contributed by atoms with Crippen LogP contribution in [0.3, 0.4) is 0 Å². The number of nitrogens with zero attached hydrogens (tertiary/aromatic N) is 1. The Bertz CT molecular complexity index is 684. The van der Waals surface area contributed by atoms with Crippen LogP contribution in [0, 0.1) is 0 Å². The summed E-state index contributed by atoms with van der Waals surface area (Å²) in [5, 5.41) is 4.42. The molecule has 0 aromatic heterocycles. The Labute approximate surface area is 143 Å². The number of fused-ring (bicyclic) bond motifs is 1. The zero-order chi connectivity index (χ0) is 15.6. The molecule has 2 nitrogen and oxygen atoms in total. The molecule has 1 saturated heterocycles. The van der Waals surface area contributed by atoms with Crippen LogP contribution in [0.1, 0.15) is 35.6 Å². The van der Waals surface area contributed by atoms with Crippen LogP contribution >= 0.6 is 11.6 Å². The van der Waals surface area contributed by atoms with Crippen molar-refractivity contribution in [2.75, 3.05) is 24.5 Å². The predicted octanol–water partition coefficient (Wildman–Crippen LogP) is 4.37. The van der Waals surface area contributed by atoms with Crippen LogP contribution in [-0.2, 0) is 12.8 Å². The van der Waals surface area contributed by atoms with Crippen LogP contribution in [0.25, 0.3) is 0 Å². The number of nitrogens with one attached hydrogen (secondary N) is 1. The third-order valence-electron chi connectivity index (χ3n) is 5.18. The lowest BCUT2D eigenvalue weighted by Crippen LogP contribution is -2.25. The Balaban J connectivity index is 1.77. The highest BCUT2D eigenvalue weighted by molar-refractivity contribution is 6.33. The largest absolute Gasteiger partial charge is 0.363 e.